The molecule has 0 bridgehead atoms. The molecule has 0 aliphatic carbocycles. The van der Waals surface area contributed by atoms with Crippen molar-refractivity contribution in [2.45, 2.75) is 0 Å². The number of furan rings is 1. The zero-order chi connectivity index (χ0) is 41.0. The summed E-state index contributed by atoms with van der Waals surface area (Å²) >= 11 is 0. The summed E-state index contributed by atoms with van der Waals surface area (Å²) in [6.07, 6.45) is 0. The molecular weight excluding hydrogens is 757 g/mol. The molecule has 0 spiro atoms. The van der Waals surface area contributed by atoms with Gasteiger partial charge in [0.25, 0.3) is 0 Å². The van der Waals surface area contributed by atoms with Crippen LogP contribution in [0.5, 0.6) is 0 Å². The third-order valence-electron chi connectivity index (χ3n) is 11.9. The molecule has 0 saturated carbocycles. The second-order valence-electron chi connectivity index (χ2n) is 15.6. The maximum Gasteiger partial charge on any atom is 0.164 e. The SMILES string of the molecule is c1ccc(-c2ccc(-n3c4ccccc4c4ccc5oc6cccc(-c7nc(-c8cccc(-c9ccccc9)c8)nc(-c8cccc(-c9ccccc9)c8)n7)c6c5c43)cc2)cc1. The van der Waals surface area contributed by atoms with Gasteiger partial charge in [0, 0.05) is 38.5 Å². The van der Waals surface area contributed by atoms with Crippen molar-refractivity contribution in [3.8, 4) is 73.2 Å². The molecule has 12 rings (SSSR count). The van der Waals surface area contributed by atoms with Gasteiger partial charge in [0.2, 0.25) is 0 Å². The number of fused-ring (bicyclic) bond motifs is 7. The van der Waals surface area contributed by atoms with Crippen LogP contribution in [0.2, 0.25) is 0 Å². The fourth-order valence-corrected chi connectivity index (χ4v) is 8.94. The molecule has 12 aromatic rings. The topological polar surface area (TPSA) is 56.7 Å². The van der Waals surface area contributed by atoms with Crippen molar-refractivity contribution in [2.75, 3.05) is 0 Å². The van der Waals surface area contributed by atoms with Gasteiger partial charge >= 0.3 is 0 Å². The van der Waals surface area contributed by atoms with Gasteiger partial charge in [-0.05, 0) is 81.9 Å². The Morgan fingerprint density at radius 2 is 0.806 bits per heavy atom. The third kappa shape index (κ3) is 6.06. The third-order valence-corrected chi connectivity index (χ3v) is 11.9. The van der Waals surface area contributed by atoms with Crippen LogP contribution in [0.15, 0.2) is 223 Å². The zero-order valence-electron chi connectivity index (χ0n) is 33.5. The van der Waals surface area contributed by atoms with Gasteiger partial charge in [0.15, 0.2) is 17.5 Å². The van der Waals surface area contributed by atoms with Crippen molar-refractivity contribution in [3.05, 3.63) is 218 Å². The van der Waals surface area contributed by atoms with Crippen LogP contribution in [0.1, 0.15) is 0 Å². The molecule has 3 heterocycles. The van der Waals surface area contributed by atoms with Gasteiger partial charge in [-0.1, -0.05) is 170 Å². The summed E-state index contributed by atoms with van der Waals surface area (Å²) in [6.45, 7) is 0. The maximum absolute atomic E-state index is 6.76. The van der Waals surface area contributed by atoms with E-state index in [2.05, 4.69) is 199 Å². The van der Waals surface area contributed by atoms with Crippen molar-refractivity contribution < 1.29 is 4.42 Å². The summed E-state index contributed by atoms with van der Waals surface area (Å²) in [5.74, 6) is 1.76. The Bertz CT molecular complexity index is 3510. The average molecular weight is 793 g/mol. The van der Waals surface area contributed by atoms with Gasteiger partial charge in [-0.3, -0.25) is 0 Å². The van der Waals surface area contributed by atoms with E-state index in [9.17, 15) is 0 Å². The molecule has 0 amide bonds. The molecule has 0 unspecified atom stereocenters. The van der Waals surface area contributed by atoms with E-state index >= 15 is 0 Å². The molecule has 9 aromatic carbocycles. The normalized spacial score (nSPS) is 11.5. The number of nitrogens with zero attached hydrogens (tertiary/aromatic N) is 4. The van der Waals surface area contributed by atoms with Gasteiger partial charge in [-0.25, -0.2) is 15.0 Å². The lowest BCUT2D eigenvalue weighted by Crippen LogP contribution is -2.01. The predicted octanol–water partition coefficient (Wildman–Crippen LogP) is 14.9. The summed E-state index contributed by atoms with van der Waals surface area (Å²) in [5.41, 5.74) is 14.3. The van der Waals surface area contributed by atoms with E-state index in [4.69, 9.17) is 19.4 Å². The Balaban J connectivity index is 1.11. The first-order valence-electron chi connectivity index (χ1n) is 20.8. The minimum Gasteiger partial charge on any atom is -0.456 e. The molecule has 0 N–H and O–H groups in total. The molecule has 290 valence electrons. The Labute approximate surface area is 357 Å². The molecule has 5 nitrogen and oxygen atoms in total. The van der Waals surface area contributed by atoms with E-state index in [0.29, 0.717) is 17.5 Å². The number of para-hydroxylation sites is 1. The molecule has 3 aromatic heterocycles. The molecule has 0 aliphatic rings. The number of rotatable bonds is 7. The molecule has 62 heavy (non-hydrogen) atoms. The summed E-state index contributed by atoms with van der Waals surface area (Å²) < 4.78 is 9.14. The highest BCUT2D eigenvalue weighted by Gasteiger charge is 2.23. The monoisotopic (exact) mass is 792 g/mol. The molecular formula is C57H36N4O. The van der Waals surface area contributed by atoms with Crippen LogP contribution in [-0.2, 0) is 0 Å². The van der Waals surface area contributed by atoms with E-state index in [-0.39, 0.29) is 0 Å². The van der Waals surface area contributed by atoms with Gasteiger partial charge in [-0.15, -0.1) is 0 Å². The van der Waals surface area contributed by atoms with Crippen LogP contribution in [-0.4, -0.2) is 19.5 Å². The minimum absolute atomic E-state index is 0.570. The smallest absolute Gasteiger partial charge is 0.164 e. The first kappa shape index (κ1) is 35.5. The lowest BCUT2D eigenvalue weighted by atomic mass is 10.0. The Morgan fingerprint density at radius 3 is 1.44 bits per heavy atom. The van der Waals surface area contributed by atoms with Crippen LogP contribution < -0.4 is 0 Å². The summed E-state index contributed by atoms with van der Waals surface area (Å²) in [7, 11) is 0. The number of benzene rings is 9. The summed E-state index contributed by atoms with van der Waals surface area (Å²) in [6, 6.07) is 76.2. The van der Waals surface area contributed by atoms with Crippen molar-refractivity contribution in [2.24, 2.45) is 0 Å². The van der Waals surface area contributed by atoms with E-state index in [0.717, 1.165) is 83.0 Å². The summed E-state index contributed by atoms with van der Waals surface area (Å²) in [4.78, 5) is 15.9. The first-order valence-corrected chi connectivity index (χ1v) is 20.8. The van der Waals surface area contributed by atoms with Gasteiger partial charge in [0.1, 0.15) is 11.2 Å². The highest BCUT2D eigenvalue weighted by molar-refractivity contribution is 6.26. The van der Waals surface area contributed by atoms with Crippen molar-refractivity contribution in [1.82, 2.24) is 19.5 Å². The van der Waals surface area contributed by atoms with Gasteiger partial charge in [-0.2, -0.15) is 0 Å². The van der Waals surface area contributed by atoms with Crippen LogP contribution in [0.25, 0.3) is 117 Å². The molecule has 0 saturated heterocycles. The van der Waals surface area contributed by atoms with Crippen molar-refractivity contribution in [3.63, 3.8) is 0 Å². The van der Waals surface area contributed by atoms with Gasteiger partial charge < -0.3 is 8.98 Å². The summed E-state index contributed by atoms with van der Waals surface area (Å²) in [5, 5.41) is 4.28. The number of hydrogen-bond acceptors (Lipinski definition) is 4. The average Bonchev–Trinajstić information content (AvgIpc) is 3.91. The van der Waals surface area contributed by atoms with E-state index in [1.54, 1.807) is 0 Å². The Kier molecular flexibility index (Phi) is 8.42. The minimum atomic E-state index is 0.570. The second kappa shape index (κ2) is 14.7. The molecule has 0 radical (unpaired) electrons. The van der Waals surface area contributed by atoms with Crippen LogP contribution in [0, 0.1) is 0 Å². The Hall–Kier alpha value is -8.41. The fraction of sp³-hybridized carbons (Fsp3) is 0. The van der Waals surface area contributed by atoms with Crippen molar-refractivity contribution >= 4 is 43.7 Å². The first-order chi connectivity index (χ1) is 30.7. The predicted molar refractivity (Wildman–Crippen MR) is 254 cm³/mol. The van der Waals surface area contributed by atoms with E-state index in [1.165, 1.54) is 16.5 Å². The lowest BCUT2D eigenvalue weighted by Gasteiger charge is -2.12. The zero-order valence-corrected chi connectivity index (χ0v) is 33.5. The Morgan fingerprint density at radius 1 is 0.323 bits per heavy atom. The maximum atomic E-state index is 6.76. The van der Waals surface area contributed by atoms with Crippen LogP contribution >= 0.6 is 0 Å². The second-order valence-corrected chi connectivity index (χ2v) is 15.6. The lowest BCUT2D eigenvalue weighted by molar-refractivity contribution is 0.669. The van der Waals surface area contributed by atoms with E-state index < -0.39 is 0 Å². The van der Waals surface area contributed by atoms with Crippen LogP contribution in [0.4, 0.5) is 0 Å². The fourth-order valence-electron chi connectivity index (χ4n) is 8.94. The molecule has 5 heteroatoms. The molecule has 0 atom stereocenters. The molecule has 0 aliphatic heterocycles. The highest BCUT2D eigenvalue weighted by Crippen LogP contribution is 2.44. The number of aromatic nitrogens is 4. The quantitative estimate of drug-likeness (QED) is 0.161. The van der Waals surface area contributed by atoms with Gasteiger partial charge in [0.05, 0.1) is 16.4 Å². The number of hydrogen-bond donors (Lipinski definition) is 0. The standard InChI is InChI=1S/C57H36N4O/c1-4-15-37(16-5-1)40-29-31-45(32-30-40)61-49-27-11-10-25-46(49)47-33-34-51-53(54(47)61)52-48(26-14-28-50(52)62-51)57-59-55(43-23-12-21-41(35-43)38-17-6-2-7-18-38)58-56(60-57)44-24-13-22-42(36-44)39-19-8-3-9-20-39/h1-36H. The van der Waals surface area contributed by atoms with Crippen LogP contribution in [0.3, 0.4) is 0 Å². The largest absolute Gasteiger partial charge is 0.456 e. The highest BCUT2D eigenvalue weighted by atomic mass is 16.3. The molecule has 0 fully saturated rings. The van der Waals surface area contributed by atoms with E-state index in [1.807, 2.05) is 24.3 Å². The van der Waals surface area contributed by atoms with Crippen molar-refractivity contribution in [1.29, 1.82) is 0 Å².